The predicted octanol–water partition coefficient (Wildman–Crippen LogP) is 0.596. The molecule has 1 heterocycles. The van der Waals surface area contributed by atoms with Gasteiger partial charge in [0.25, 0.3) is 0 Å². The van der Waals surface area contributed by atoms with E-state index in [0.717, 1.165) is 0 Å². The quantitative estimate of drug-likeness (QED) is 0.790. The Morgan fingerprint density at radius 3 is 2.55 bits per heavy atom. The summed E-state index contributed by atoms with van der Waals surface area (Å²) >= 11 is 0. The largest absolute Gasteiger partial charge is 0.493 e. The van der Waals surface area contributed by atoms with Crippen LogP contribution in [0.4, 0.5) is 5.69 Å². The lowest BCUT2D eigenvalue weighted by Gasteiger charge is -2.31. The van der Waals surface area contributed by atoms with Gasteiger partial charge in [0.15, 0.2) is 21.3 Å². The summed E-state index contributed by atoms with van der Waals surface area (Å²) in [6.07, 6.45) is 0.374. The summed E-state index contributed by atoms with van der Waals surface area (Å²) in [5.41, 5.74) is 5.09. The van der Waals surface area contributed by atoms with Crippen LogP contribution in [-0.2, 0) is 9.84 Å². The van der Waals surface area contributed by atoms with E-state index in [1.54, 1.807) is 18.2 Å². The minimum absolute atomic E-state index is 0.00820. The molecule has 0 radical (unpaired) electrons. The van der Waals surface area contributed by atoms with Crippen molar-refractivity contribution in [1.29, 1.82) is 0 Å². The predicted molar refractivity (Wildman–Crippen MR) is 75.7 cm³/mol. The Kier molecular flexibility index (Phi) is 4.10. The third-order valence-electron chi connectivity index (χ3n) is 3.44. The molecule has 0 unspecified atom stereocenters. The van der Waals surface area contributed by atoms with E-state index in [0.29, 0.717) is 17.2 Å². The van der Waals surface area contributed by atoms with Crippen LogP contribution in [0.15, 0.2) is 18.2 Å². The Bertz CT molecular complexity index is 570. The topological polar surface area (TPSA) is 98.8 Å². The molecule has 1 aliphatic rings. The molecule has 2 rings (SSSR count). The highest BCUT2D eigenvalue weighted by Crippen LogP contribution is 2.31. The van der Waals surface area contributed by atoms with E-state index >= 15 is 0 Å². The van der Waals surface area contributed by atoms with E-state index in [4.69, 9.17) is 15.2 Å². The standard InChI is InChI=1S/C13H19NO5S/c1-18-12-8-10(14)2-3-11(12)19-9-13(15)4-6-20(16,17)7-5-13/h2-3,8,15H,4-7,9,14H2,1H3. The summed E-state index contributed by atoms with van der Waals surface area (Å²) in [4.78, 5) is 0. The van der Waals surface area contributed by atoms with E-state index in [9.17, 15) is 13.5 Å². The average Bonchev–Trinajstić information content (AvgIpc) is 2.41. The van der Waals surface area contributed by atoms with E-state index in [2.05, 4.69) is 0 Å². The van der Waals surface area contributed by atoms with Gasteiger partial charge in [0, 0.05) is 11.8 Å². The van der Waals surface area contributed by atoms with Crippen molar-refractivity contribution in [2.75, 3.05) is 31.0 Å². The fraction of sp³-hybridized carbons (Fsp3) is 0.538. The van der Waals surface area contributed by atoms with Crippen LogP contribution < -0.4 is 15.2 Å². The van der Waals surface area contributed by atoms with Crippen LogP contribution in [0, 0.1) is 0 Å². The molecule has 1 fully saturated rings. The van der Waals surface area contributed by atoms with Crippen molar-refractivity contribution in [3.8, 4) is 11.5 Å². The summed E-state index contributed by atoms with van der Waals surface area (Å²) in [5.74, 6) is 0.942. The Hall–Kier alpha value is -1.47. The molecule has 0 aromatic heterocycles. The van der Waals surface area contributed by atoms with Gasteiger partial charge >= 0.3 is 0 Å². The zero-order valence-corrected chi connectivity index (χ0v) is 12.1. The third kappa shape index (κ3) is 3.55. The van der Waals surface area contributed by atoms with Crippen molar-refractivity contribution in [1.82, 2.24) is 0 Å². The maximum Gasteiger partial charge on any atom is 0.162 e. The maximum atomic E-state index is 11.4. The highest BCUT2D eigenvalue weighted by Gasteiger charge is 2.36. The average molecular weight is 301 g/mol. The molecule has 112 valence electrons. The molecule has 0 amide bonds. The molecule has 1 aromatic rings. The van der Waals surface area contributed by atoms with Gasteiger partial charge in [-0.15, -0.1) is 0 Å². The molecule has 3 N–H and O–H groups in total. The van der Waals surface area contributed by atoms with E-state index < -0.39 is 15.4 Å². The number of benzene rings is 1. The summed E-state index contributed by atoms with van der Waals surface area (Å²) in [6, 6.07) is 4.97. The maximum absolute atomic E-state index is 11.4. The minimum atomic E-state index is -3.01. The Morgan fingerprint density at radius 1 is 1.30 bits per heavy atom. The van der Waals surface area contributed by atoms with Gasteiger partial charge < -0.3 is 20.3 Å². The number of nitrogens with two attached hydrogens (primary N) is 1. The van der Waals surface area contributed by atoms with E-state index in [-0.39, 0.29) is 31.0 Å². The number of hydrogen-bond donors (Lipinski definition) is 2. The van der Waals surface area contributed by atoms with Crippen LogP contribution in [0.5, 0.6) is 11.5 Å². The first kappa shape index (κ1) is 14.9. The fourth-order valence-corrected chi connectivity index (χ4v) is 3.66. The number of sulfone groups is 1. The fourth-order valence-electron chi connectivity index (χ4n) is 2.08. The van der Waals surface area contributed by atoms with E-state index in [1.807, 2.05) is 0 Å². The van der Waals surface area contributed by atoms with Gasteiger partial charge in [-0.3, -0.25) is 0 Å². The van der Waals surface area contributed by atoms with Gasteiger partial charge in [-0.25, -0.2) is 8.42 Å². The van der Waals surface area contributed by atoms with Gasteiger partial charge in [0.2, 0.25) is 0 Å². The summed E-state index contributed by atoms with van der Waals surface area (Å²) in [6.45, 7) is 0.0306. The van der Waals surface area contributed by atoms with Crippen molar-refractivity contribution >= 4 is 15.5 Å². The van der Waals surface area contributed by atoms with Crippen molar-refractivity contribution in [2.45, 2.75) is 18.4 Å². The lowest BCUT2D eigenvalue weighted by Crippen LogP contribution is -2.43. The molecule has 1 aromatic carbocycles. The van der Waals surface area contributed by atoms with Crippen LogP contribution in [0.25, 0.3) is 0 Å². The number of hydrogen-bond acceptors (Lipinski definition) is 6. The second-order valence-electron chi connectivity index (χ2n) is 5.08. The number of aliphatic hydroxyl groups is 1. The van der Waals surface area contributed by atoms with Gasteiger partial charge in [-0.1, -0.05) is 0 Å². The van der Waals surface area contributed by atoms with Crippen LogP contribution in [0.2, 0.25) is 0 Å². The number of rotatable bonds is 4. The highest BCUT2D eigenvalue weighted by molar-refractivity contribution is 7.91. The first-order chi connectivity index (χ1) is 9.34. The monoisotopic (exact) mass is 301 g/mol. The summed E-state index contributed by atoms with van der Waals surface area (Å²) in [7, 11) is -1.51. The zero-order valence-electron chi connectivity index (χ0n) is 11.3. The highest BCUT2D eigenvalue weighted by atomic mass is 32.2. The van der Waals surface area contributed by atoms with Gasteiger partial charge in [0.1, 0.15) is 12.2 Å². The Morgan fingerprint density at radius 2 is 1.95 bits per heavy atom. The summed E-state index contributed by atoms with van der Waals surface area (Å²) < 4.78 is 33.4. The lowest BCUT2D eigenvalue weighted by molar-refractivity contribution is -0.0134. The van der Waals surface area contributed by atoms with Crippen molar-refractivity contribution in [3.05, 3.63) is 18.2 Å². The molecule has 1 saturated heterocycles. The van der Waals surface area contributed by atoms with Crippen molar-refractivity contribution in [3.63, 3.8) is 0 Å². The molecule has 0 spiro atoms. The minimum Gasteiger partial charge on any atom is -0.493 e. The first-order valence-electron chi connectivity index (χ1n) is 6.33. The molecule has 7 heteroatoms. The zero-order chi connectivity index (χ0) is 14.8. The molecule has 0 atom stereocenters. The van der Waals surface area contributed by atoms with Crippen LogP contribution in [0.3, 0.4) is 0 Å². The van der Waals surface area contributed by atoms with Gasteiger partial charge in [-0.05, 0) is 25.0 Å². The van der Waals surface area contributed by atoms with Crippen LogP contribution >= 0.6 is 0 Å². The number of nitrogen functional groups attached to an aromatic ring is 1. The van der Waals surface area contributed by atoms with Gasteiger partial charge in [0.05, 0.1) is 18.6 Å². The number of ether oxygens (including phenoxy) is 2. The molecule has 20 heavy (non-hydrogen) atoms. The second-order valence-corrected chi connectivity index (χ2v) is 7.38. The first-order valence-corrected chi connectivity index (χ1v) is 8.15. The van der Waals surface area contributed by atoms with E-state index in [1.165, 1.54) is 7.11 Å². The molecule has 1 aliphatic heterocycles. The number of methoxy groups -OCH3 is 1. The molecule has 6 nitrogen and oxygen atoms in total. The Balaban J connectivity index is 2.02. The van der Waals surface area contributed by atoms with Gasteiger partial charge in [-0.2, -0.15) is 0 Å². The second kappa shape index (κ2) is 5.49. The number of anilines is 1. The summed E-state index contributed by atoms with van der Waals surface area (Å²) in [5, 5.41) is 10.3. The molecular weight excluding hydrogens is 282 g/mol. The normalized spacial score (nSPS) is 20.3. The third-order valence-corrected chi connectivity index (χ3v) is 5.09. The van der Waals surface area contributed by atoms with Crippen molar-refractivity contribution in [2.24, 2.45) is 0 Å². The SMILES string of the molecule is COc1cc(N)ccc1OCC1(O)CCS(=O)(=O)CC1. The van der Waals surface area contributed by atoms with Crippen LogP contribution in [-0.4, -0.2) is 44.3 Å². The Labute approximate surface area is 118 Å². The van der Waals surface area contributed by atoms with Crippen molar-refractivity contribution < 1.29 is 23.0 Å². The molecule has 0 aliphatic carbocycles. The lowest BCUT2D eigenvalue weighted by atomic mass is 9.98. The molecule has 0 saturated carbocycles. The smallest absolute Gasteiger partial charge is 0.162 e. The molecule has 0 bridgehead atoms. The van der Waals surface area contributed by atoms with Crippen LogP contribution in [0.1, 0.15) is 12.8 Å². The molecular formula is C13H19NO5S.